The maximum Gasteiger partial charge on any atom is 0.246 e. The van der Waals surface area contributed by atoms with E-state index in [4.69, 9.17) is 0 Å². The smallest absolute Gasteiger partial charge is 0.246 e. The van der Waals surface area contributed by atoms with E-state index in [0.29, 0.717) is 0 Å². The van der Waals surface area contributed by atoms with Gasteiger partial charge in [0.1, 0.15) is 10.7 Å². The van der Waals surface area contributed by atoms with Gasteiger partial charge in [-0.15, -0.1) is 0 Å². The van der Waals surface area contributed by atoms with E-state index in [1.165, 1.54) is 18.2 Å². The first-order chi connectivity index (χ1) is 7.33. The zero-order chi connectivity index (χ0) is 12.0. The molecule has 1 aromatic carbocycles. The van der Waals surface area contributed by atoms with Crippen LogP contribution in [0, 0.1) is 5.82 Å². The zero-order valence-corrected chi connectivity index (χ0v) is 9.54. The molecule has 88 valence electrons. The van der Waals surface area contributed by atoms with E-state index in [-0.39, 0.29) is 18.0 Å². The van der Waals surface area contributed by atoms with Crippen molar-refractivity contribution in [1.29, 1.82) is 0 Å². The van der Waals surface area contributed by atoms with Gasteiger partial charge >= 0.3 is 0 Å². The van der Waals surface area contributed by atoms with Gasteiger partial charge in [0.25, 0.3) is 0 Å². The Kier molecular flexibility index (Phi) is 2.52. The van der Waals surface area contributed by atoms with Gasteiger partial charge in [-0.2, -0.15) is 4.31 Å². The van der Waals surface area contributed by atoms with E-state index in [1.807, 2.05) is 0 Å². The number of benzene rings is 1. The summed E-state index contributed by atoms with van der Waals surface area (Å²) in [5.74, 6) is -0.769. The highest BCUT2D eigenvalue weighted by Gasteiger charge is 2.44. The van der Waals surface area contributed by atoms with Crippen LogP contribution < -0.4 is 0 Å². The number of hydrogen-bond acceptors (Lipinski definition) is 3. The highest BCUT2D eigenvalue weighted by molar-refractivity contribution is 7.89. The third kappa shape index (κ3) is 1.83. The molecule has 0 saturated carbocycles. The van der Waals surface area contributed by atoms with Gasteiger partial charge in [0.15, 0.2) is 0 Å². The van der Waals surface area contributed by atoms with E-state index >= 15 is 0 Å². The average molecular weight is 245 g/mol. The Balaban J connectivity index is 2.32. The summed E-state index contributed by atoms with van der Waals surface area (Å²) in [4.78, 5) is -0.342. The summed E-state index contributed by atoms with van der Waals surface area (Å²) in [5, 5.41) is 9.46. The van der Waals surface area contributed by atoms with E-state index in [9.17, 15) is 17.9 Å². The summed E-state index contributed by atoms with van der Waals surface area (Å²) in [6, 6.07) is 5.22. The minimum atomic E-state index is -3.81. The Bertz CT molecular complexity index is 505. The lowest BCUT2D eigenvalue weighted by Crippen LogP contribution is -2.61. The topological polar surface area (TPSA) is 57.6 Å². The van der Waals surface area contributed by atoms with E-state index in [2.05, 4.69) is 0 Å². The van der Waals surface area contributed by atoms with Crippen molar-refractivity contribution >= 4 is 10.0 Å². The number of halogens is 1. The van der Waals surface area contributed by atoms with Gasteiger partial charge in [0.2, 0.25) is 10.0 Å². The van der Waals surface area contributed by atoms with Crippen molar-refractivity contribution in [3.8, 4) is 0 Å². The van der Waals surface area contributed by atoms with E-state index in [0.717, 1.165) is 10.4 Å². The number of nitrogens with zero attached hydrogens (tertiary/aromatic N) is 1. The molecule has 1 heterocycles. The Morgan fingerprint density at radius 2 is 1.94 bits per heavy atom. The lowest BCUT2D eigenvalue weighted by atomic mass is 10.0. The van der Waals surface area contributed by atoms with Gasteiger partial charge in [-0.3, -0.25) is 0 Å². The Labute approximate surface area is 93.4 Å². The second-order valence-electron chi connectivity index (χ2n) is 4.20. The number of rotatable bonds is 2. The van der Waals surface area contributed by atoms with Crippen LogP contribution in [0.5, 0.6) is 0 Å². The molecule has 0 bridgehead atoms. The molecule has 0 spiro atoms. The minimum absolute atomic E-state index is 0.00364. The van der Waals surface area contributed by atoms with Crippen LogP contribution in [-0.4, -0.2) is 36.5 Å². The highest BCUT2D eigenvalue weighted by Crippen LogP contribution is 2.28. The van der Waals surface area contributed by atoms with Gasteiger partial charge in [0.05, 0.1) is 5.60 Å². The molecule has 6 heteroatoms. The number of sulfonamides is 1. The molecule has 0 aliphatic carbocycles. The summed E-state index contributed by atoms with van der Waals surface area (Å²) in [7, 11) is -3.81. The summed E-state index contributed by atoms with van der Waals surface area (Å²) in [6.07, 6.45) is 0. The van der Waals surface area contributed by atoms with Gasteiger partial charge in [-0.1, -0.05) is 12.1 Å². The van der Waals surface area contributed by atoms with E-state index in [1.54, 1.807) is 6.92 Å². The second-order valence-corrected chi connectivity index (χ2v) is 6.11. The molecule has 16 heavy (non-hydrogen) atoms. The molecular weight excluding hydrogens is 233 g/mol. The molecule has 1 aromatic rings. The van der Waals surface area contributed by atoms with Crippen molar-refractivity contribution in [3.63, 3.8) is 0 Å². The summed E-state index contributed by atoms with van der Waals surface area (Å²) < 4.78 is 38.2. The van der Waals surface area contributed by atoms with Gasteiger partial charge in [0, 0.05) is 13.1 Å². The molecule has 0 atom stereocenters. The standard InChI is InChI=1S/C10H12FNO3S/c1-10(13)6-12(7-10)16(14,15)9-5-3-2-4-8(9)11/h2-5,13H,6-7H2,1H3. The van der Waals surface area contributed by atoms with Crippen molar-refractivity contribution < 1.29 is 17.9 Å². The van der Waals surface area contributed by atoms with Crippen LogP contribution in [-0.2, 0) is 10.0 Å². The molecule has 0 radical (unpaired) electrons. The predicted molar refractivity (Wildman–Crippen MR) is 55.8 cm³/mol. The van der Waals surface area contributed by atoms with Crippen LogP contribution in [0.15, 0.2) is 29.2 Å². The first-order valence-electron chi connectivity index (χ1n) is 4.80. The van der Waals surface area contributed by atoms with Crippen LogP contribution in [0.1, 0.15) is 6.92 Å². The summed E-state index contributed by atoms with van der Waals surface area (Å²) >= 11 is 0. The fourth-order valence-corrected chi connectivity index (χ4v) is 3.42. The molecule has 0 amide bonds. The lowest BCUT2D eigenvalue weighted by molar-refractivity contribution is -0.0427. The molecule has 0 aromatic heterocycles. The minimum Gasteiger partial charge on any atom is -0.387 e. The molecule has 0 unspecified atom stereocenters. The van der Waals surface area contributed by atoms with Crippen molar-refractivity contribution in [1.82, 2.24) is 4.31 Å². The summed E-state index contributed by atoms with van der Waals surface area (Å²) in [5.41, 5.74) is -1.00. The molecule has 2 rings (SSSR count). The van der Waals surface area contributed by atoms with Crippen molar-refractivity contribution in [2.75, 3.05) is 13.1 Å². The average Bonchev–Trinajstić information content (AvgIpc) is 2.14. The molecule has 1 aliphatic heterocycles. The number of hydrogen-bond donors (Lipinski definition) is 1. The molecule has 1 fully saturated rings. The van der Waals surface area contributed by atoms with Crippen LogP contribution in [0.25, 0.3) is 0 Å². The first-order valence-corrected chi connectivity index (χ1v) is 6.24. The first kappa shape index (κ1) is 11.5. The normalized spacial score (nSPS) is 20.4. The number of aliphatic hydroxyl groups is 1. The Hall–Kier alpha value is -0.980. The monoisotopic (exact) mass is 245 g/mol. The Morgan fingerprint density at radius 3 is 2.44 bits per heavy atom. The summed E-state index contributed by atoms with van der Waals surface area (Å²) in [6.45, 7) is 1.55. The van der Waals surface area contributed by atoms with Crippen LogP contribution in [0.3, 0.4) is 0 Å². The predicted octanol–water partition coefficient (Wildman–Crippen LogP) is 0.581. The third-order valence-corrected chi connectivity index (χ3v) is 4.31. The Morgan fingerprint density at radius 1 is 1.38 bits per heavy atom. The van der Waals surface area contributed by atoms with Crippen molar-refractivity contribution in [2.24, 2.45) is 0 Å². The van der Waals surface area contributed by atoms with Crippen molar-refractivity contribution in [2.45, 2.75) is 17.4 Å². The molecule has 1 saturated heterocycles. The van der Waals surface area contributed by atoms with Crippen molar-refractivity contribution in [3.05, 3.63) is 30.1 Å². The maximum absolute atomic E-state index is 13.3. The van der Waals surface area contributed by atoms with E-state index < -0.39 is 21.4 Å². The highest BCUT2D eigenvalue weighted by atomic mass is 32.2. The van der Waals surface area contributed by atoms with Crippen LogP contribution in [0.2, 0.25) is 0 Å². The van der Waals surface area contributed by atoms with Crippen LogP contribution in [0.4, 0.5) is 4.39 Å². The van der Waals surface area contributed by atoms with Crippen LogP contribution >= 0.6 is 0 Å². The number of β-amino-alcohol motifs (C(OH)–C–C–N with tert-alkyl or cyclic N) is 1. The maximum atomic E-state index is 13.3. The fourth-order valence-electron chi connectivity index (χ4n) is 1.68. The SMILES string of the molecule is CC1(O)CN(S(=O)(=O)c2ccccc2F)C1. The van der Waals surface area contributed by atoms with Gasteiger partial charge in [-0.05, 0) is 19.1 Å². The quantitative estimate of drug-likeness (QED) is 0.829. The zero-order valence-electron chi connectivity index (χ0n) is 8.72. The van der Waals surface area contributed by atoms with Gasteiger partial charge < -0.3 is 5.11 Å². The molecular formula is C10H12FNO3S. The third-order valence-electron chi connectivity index (χ3n) is 2.49. The fraction of sp³-hybridized carbons (Fsp3) is 0.400. The molecule has 4 nitrogen and oxygen atoms in total. The largest absolute Gasteiger partial charge is 0.387 e. The van der Waals surface area contributed by atoms with Gasteiger partial charge in [-0.25, -0.2) is 12.8 Å². The lowest BCUT2D eigenvalue weighted by Gasteiger charge is -2.42. The molecule has 1 N–H and O–H groups in total. The second kappa shape index (κ2) is 3.51. The molecule has 1 aliphatic rings.